The van der Waals surface area contributed by atoms with Gasteiger partial charge in [-0.1, -0.05) is 18.0 Å². The van der Waals surface area contributed by atoms with Gasteiger partial charge in [0.25, 0.3) is 0 Å². The van der Waals surface area contributed by atoms with Gasteiger partial charge in [0.05, 0.1) is 5.02 Å². The number of piperidine rings is 1. The average molecular weight is 280 g/mol. The first-order valence-corrected chi connectivity index (χ1v) is 7.00. The van der Waals surface area contributed by atoms with Gasteiger partial charge in [-0.05, 0) is 32.5 Å². The highest BCUT2D eigenvalue weighted by molar-refractivity contribution is 6.31. The van der Waals surface area contributed by atoms with E-state index in [2.05, 4.69) is 21.9 Å². The Bertz CT molecular complexity index is 594. The van der Waals surface area contributed by atoms with Crippen LogP contribution < -0.4 is 5.73 Å². The summed E-state index contributed by atoms with van der Waals surface area (Å²) in [7, 11) is 2.17. The predicted molar refractivity (Wildman–Crippen MR) is 77.2 cm³/mol. The Morgan fingerprint density at radius 1 is 1.47 bits per heavy atom. The topological polar surface area (TPSA) is 60.0 Å². The number of nitrogens with zero attached hydrogens (tertiary/aromatic N) is 4. The molecule has 1 aliphatic heterocycles. The van der Waals surface area contributed by atoms with Gasteiger partial charge in [-0.2, -0.15) is 0 Å². The van der Waals surface area contributed by atoms with Crippen LogP contribution in [0.3, 0.4) is 0 Å². The zero-order valence-electron chi connectivity index (χ0n) is 11.0. The van der Waals surface area contributed by atoms with Crippen LogP contribution in [0, 0.1) is 0 Å². The van der Waals surface area contributed by atoms with E-state index in [1.807, 2.05) is 4.57 Å². The average Bonchev–Trinajstić information content (AvgIpc) is 2.68. The molecule has 2 aromatic heterocycles. The van der Waals surface area contributed by atoms with Crippen molar-refractivity contribution in [1.29, 1.82) is 0 Å². The molecule has 0 saturated carbocycles. The van der Waals surface area contributed by atoms with Gasteiger partial charge >= 0.3 is 0 Å². The molecule has 0 radical (unpaired) electrons. The van der Waals surface area contributed by atoms with Gasteiger partial charge in [0.2, 0.25) is 5.95 Å². The highest BCUT2D eigenvalue weighted by Crippen LogP contribution is 2.23. The van der Waals surface area contributed by atoms with E-state index in [1.165, 1.54) is 19.3 Å². The summed E-state index contributed by atoms with van der Waals surface area (Å²) >= 11 is 5.93. The quantitative estimate of drug-likeness (QED) is 0.915. The summed E-state index contributed by atoms with van der Waals surface area (Å²) in [5.41, 5.74) is 7.60. The van der Waals surface area contributed by atoms with E-state index in [0.29, 0.717) is 17.0 Å². The highest BCUT2D eigenvalue weighted by atomic mass is 35.5. The van der Waals surface area contributed by atoms with E-state index in [9.17, 15) is 0 Å². The van der Waals surface area contributed by atoms with E-state index in [4.69, 9.17) is 17.3 Å². The number of likely N-dealkylation sites (N-methyl/N-ethyl adjacent to an activating group) is 1. The molecule has 1 aliphatic rings. The monoisotopic (exact) mass is 279 g/mol. The summed E-state index contributed by atoms with van der Waals surface area (Å²) in [5, 5.41) is 0.590. The number of nitrogens with two attached hydrogens (primary N) is 1. The van der Waals surface area contributed by atoms with Crippen LogP contribution in [-0.2, 0) is 6.54 Å². The predicted octanol–water partition coefficient (Wildman–Crippen LogP) is 2.15. The Hall–Kier alpha value is -1.33. The van der Waals surface area contributed by atoms with Crippen LogP contribution in [0.15, 0.2) is 12.3 Å². The molecule has 6 heteroatoms. The normalized spacial score (nSPS) is 21.1. The van der Waals surface area contributed by atoms with Crippen LogP contribution >= 0.6 is 11.6 Å². The molecular formula is C13H18ClN5. The molecule has 0 bridgehead atoms. The summed E-state index contributed by atoms with van der Waals surface area (Å²) in [4.78, 5) is 11.1. The Balaban J connectivity index is 1.93. The molecule has 0 aliphatic carbocycles. The van der Waals surface area contributed by atoms with Gasteiger partial charge in [-0.3, -0.25) is 4.57 Å². The number of likely N-dealkylation sites (tertiary alicyclic amines) is 1. The van der Waals surface area contributed by atoms with E-state index >= 15 is 0 Å². The Labute approximate surface area is 117 Å². The second kappa shape index (κ2) is 4.98. The van der Waals surface area contributed by atoms with Gasteiger partial charge < -0.3 is 10.6 Å². The minimum Gasteiger partial charge on any atom is -0.369 e. The summed E-state index contributed by atoms with van der Waals surface area (Å²) in [6, 6.07) is 2.31. The number of aromatic nitrogens is 3. The first-order valence-electron chi connectivity index (χ1n) is 6.62. The molecule has 1 fully saturated rings. The number of hydrogen-bond donors (Lipinski definition) is 1. The summed E-state index contributed by atoms with van der Waals surface area (Å²) in [5.74, 6) is 0.517. The van der Waals surface area contributed by atoms with Crippen molar-refractivity contribution in [1.82, 2.24) is 19.4 Å². The summed E-state index contributed by atoms with van der Waals surface area (Å²) in [6.07, 6.45) is 5.40. The molecule has 1 saturated heterocycles. The molecule has 1 unspecified atom stereocenters. The molecule has 19 heavy (non-hydrogen) atoms. The highest BCUT2D eigenvalue weighted by Gasteiger charge is 2.21. The fourth-order valence-electron chi connectivity index (χ4n) is 2.77. The SMILES string of the molecule is CN1CCCCC1Cn1c(N)nc2cc(Cl)cnc21. The van der Waals surface area contributed by atoms with Crippen molar-refractivity contribution in [3.63, 3.8) is 0 Å². The molecule has 1 atom stereocenters. The first kappa shape index (κ1) is 12.7. The lowest BCUT2D eigenvalue weighted by atomic mass is 10.0. The number of rotatable bonds is 2. The van der Waals surface area contributed by atoms with Crippen molar-refractivity contribution in [2.45, 2.75) is 31.8 Å². The lowest BCUT2D eigenvalue weighted by molar-refractivity contribution is 0.169. The molecule has 0 amide bonds. The molecular weight excluding hydrogens is 262 g/mol. The molecule has 0 aromatic carbocycles. The third-order valence-electron chi connectivity index (χ3n) is 3.90. The van der Waals surface area contributed by atoms with Crippen molar-refractivity contribution >= 4 is 28.7 Å². The maximum Gasteiger partial charge on any atom is 0.202 e. The van der Waals surface area contributed by atoms with Crippen molar-refractivity contribution in [2.75, 3.05) is 19.3 Å². The number of anilines is 1. The molecule has 0 spiro atoms. The van der Waals surface area contributed by atoms with E-state index in [1.54, 1.807) is 12.3 Å². The van der Waals surface area contributed by atoms with Crippen molar-refractivity contribution in [2.24, 2.45) is 0 Å². The van der Waals surface area contributed by atoms with Crippen LogP contribution in [0.4, 0.5) is 5.95 Å². The van der Waals surface area contributed by atoms with Crippen LogP contribution in [0.1, 0.15) is 19.3 Å². The number of halogens is 1. The minimum atomic E-state index is 0.505. The Morgan fingerprint density at radius 3 is 3.11 bits per heavy atom. The lowest BCUT2D eigenvalue weighted by Crippen LogP contribution is -2.39. The fourth-order valence-corrected chi connectivity index (χ4v) is 2.92. The molecule has 2 aromatic rings. The maximum absolute atomic E-state index is 6.02. The van der Waals surface area contributed by atoms with Gasteiger partial charge in [-0.15, -0.1) is 0 Å². The van der Waals surface area contributed by atoms with Gasteiger partial charge in [-0.25, -0.2) is 9.97 Å². The van der Waals surface area contributed by atoms with Crippen molar-refractivity contribution < 1.29 is 0 Å². The number of imidazole rings is 1. The van der Waals surface area contributed by atoms with Crippen molar-refractivity contribution in [3.8, 4) is 0 Å². The van der Waals surface area contributed by atoms with E-state index < -0.39 is 0 Å². The molecule has 2 N–H and O–H groups in total. The fraction of sp³-hybridized carbons (Fsp3) is 0.538. The molecule has 5 nitrogen and oxygen atoms in total. The van der Waals surface area contributed by atoms with E-state index in [0.717, 1.165) is 24.3 Å². The standard InChI is InChI=1S/C13H18ClN5/c1-18-5-3-2-4-10(18)8-19-12-11(17-13(19)15)6-9(14)7-16-12/h6-7,10H,2-5,8H2,1H3,(H2,15,17). The number of pyridine rings is 1. The third kappa shape index (κ3) is 2.40. The Kier molecular flexibility index (Phi) is 3.33. The van der Waals surface area contributed by atoms with Gasteiger partial charge in [0, 0.05) is 18.8 Å². The Morgan fingerprint density at radius 2 is 2.32 bits per heavy atom. The molecule has 3 heterocycles. The number of nitrogen functional groups attached to an aromatic ring is 1. The summed E-state index contributed by atoms with van der Waals surface area (Å²) in [6.45, 7) is 1.99. The first-order chi connectivity index (χ1) is 9.15. The van der Waals surface area contributed by atoms with Crippen LogP contribution in [-0.4, -0.2) is 39.1 Å². The van der Waals surface area contributed by atoms with Crippen LogP contribution in [0.2, 0.25) is 5.02 Å². The second-order valence-corrected chi connectivity index (χ2v) is 5.64. The maximum atomic E-state index is 6.02. The number of hydrogen-bond acceptors (Lipinski definition) is 4. The minimum absolute atomic E-state index is 0.505. The summed E-state index contributed by atoms with van der Waals surface area (Å²) < 4.78 is 2.00. The van der Waals surface area contributed by atoms with Crippen LogP contribution in [0.5, 0.6) is 0 Å². The van der Waals surface area contributed by atoms with E-state index in [-0.39, 0.29) is 0 Å². The molecule has 102 valence electrons. The number of fused-ring (bicyclic) bond motifs is 1. The third-order valence-corrected chi connectivity index (χ3v) is 4.10. The largest absolute Gasteiger partial charge is 0.369 e. The lowest BCUT2D eigenvalue weighted by Gasteiger charge is -2.32. The van der Waals surface area contributed by atoms with Gasteiger partial charge in [0.1, 0.15) is 5.52 Å². The van der Waals surface area contributed by atoms with Crippen molar-refractivity contribution in [3.05, 3.63) is 17.3 Å². The van der Waals surface area contributed by atoms with Gasteiger partial charge in [0.15, 0.2) is 5.65 Å². The molecule has 3 rings (SSSR count). The zero-order valence-corrected chi connectivity index (χ0v) is 11.8. The second-order valence-electron chi connectivity index (χ2n) is 5.21. The smallest absolute Gasteiger partial charge is 0.202 e. The van der Waals surface area contributed by atoms with Crippen LogP contribution in [0.25, 0.3) is 11.2 Å². The zero-order chi connectivity index (χ0) is 13.4.